The molecule has 0 unspecified atom stereocenters. The molecule has 0 spiro atoms. The zero-order valence-electron chi connectivity index (χ0n) is 6.83. The SMILES string of the molecule is C1CC1.CC.CCC. The van der Waals surface area contributed by atoms with Crippen LogP contribution in [0.5, 0.6) is 0 Å². The molecule has 0 heteroatoms. The van der Waals surface area contributed by atoms with E-state index in [1.54, 1.807) is 0 Å². The Morgan fingerprint density at radius 1 is 0.875 bits per heavy atom. The summed E-state index contributed by atoms with van der Waals surface area (Å²) in [6, 6.07) is 0. The Morgan fingerprint density at radius 2 is 1.00 bits per heavy atom. The van der Waals surface area contributed by atoms with E-state index in [1.165, 1.54) is 25.7 Å². The third kappa shape index (κ3) is 150. The summed E-state index contributed by atoms with van der Waals surface area (Å²) in [5.41, 5.74) is 0. The van der Waals surface area contributed by atoms with Crippen LogP contribution in [0.25, 0.3) is 0 Å². The van der Waals surface area contributed by atoms with E-state index < -0.39 is 0 Å². The Labute approximate surface area is 54.3 Å². The smallest absolute Gasteiger partial charge is 0.0533 e. The maximum absolute atomic E-state index is 2.12. The summed E-state index contributed by atoms with van der Waals surface area (Å²) in [5.74, 6) is 0. The van der Waals surface area contributed by atoms with Crippen LogP contribution in [0.2, 0.25) is 0 Å². The van der Waals surface area contributed by atoms with Crippen LogP contribution in [-0.4, -0.2) is 0 Å². The first kappa shape index (κ1) is 10.9. The van der Waals surface area contributed by atoms with Crippen LogP contribution >= 0.6 is 0 Å². The van der Waals surface area contributed by atoms with Gasteiger partial charge in [0.05, 0.1) is 0 Å². The van der Waals surface area contributed by atoms with Crippen molar-refractivity contribution < 1.29 is 0 Å². The van der Waals surface area contributed by atoms with Gasteiger partial charge < -0.3 is 0 Å². The largest absolute Gasteiger partial charge is 0.0683 e. The first-order valence-corrected chi connectivity index (χ1v) is 3.91. The Balaban J connectivity index is 0. The summed E-state index contributed by atoms with van der Waals surface area (Å²) in [5, 5.41) is 0. The summed E-state index contributed by atoms with van der Waals surface area (Å²) in [6.45, 7) is 8.25. The van der Waals surface area contributed by atoms with E-state index in [2.05, 4.69) is 13.8 Å². The minimum absolute atomic E-state index is 1.25. The van der Waals surface area contributed by atoms with Gasteiger partial charge in [0.2, 0.25) is 0 Å². The van der Waals surface area contributed by atoms with Gasteiger partial charge in [-0.3, -0.25) is 0 Å². The fourth-order valence-electron chi connectivity index (χ4n) is 0. The van der Waals surface area contributed by atoms with Gasteiger partial charge in [0.25, 0.3) is 0 Å². The van der Waals surface area contributed by atoms with Gasteiger partial charge in [0.15, 0.2) is 0 Å². The second-order valence-corrected chi connectivity index (χ2v) is 1.77. The van der Waals surface area contributed by atoms with Crippen molar-refractivity contribution in [1.29, 1.82) is 0 Å². The molecule has 0 aromatic heterocycles. The van der Waals surface area contributed by atoms with Crippen LogP contribution in [-0.2, 0) is 0 Å². The molecular formula is C8H20. The molecule has 1 fully saturated rings. The van der Waals surface area contributed by atoms with Gasteiger partial charge in [-0.2, -0.15) is 0 Å². The van der Waals surface area contributed by atoms with Crippen molar-refractivity contribution in [2.24, 2.45) is 0 Å². The molecule has 0 bridgehead atoms. The van der Waals surface area contributed by atoms with Crippen molar-refractivity contribution in [3.63, 3.8) is 0 Å². The molecule has 0 aromatic rings. The first-order chi connectivity index (χ1) is 3.91. The molecule has 52 valence electrons. The highest BCUT2D eigenvalue weighted by Crippen LogP contribution is 2.14. The quantitative estimate of drug-likeness (QED) is 0.453. The molecule has 8 heavy (non-hydrogen) atoms. The predicted molar refractivity (Wildman–Crippen MR) is 41.2 cm³/mol. The normalized spacial score (nSPS) is 12.0. The van der Waals surface area contributed by atoms with Gasteiger partial charge in [0, 0.05) is 0 Å². The number of rotatable bonds is 0. The van der Waals surface area contributed by atoms with Crippen LogP contribution < -0.4 is 0 Å². The first-order valence-electron chi connectivity index (χ1n) is 3.91. The second kappa shape index (κ2) is 15.8. The lowest BCUT2D eigenvalue weighted by Crippen LogP contribution is -1.27. The van der Waals surface area contributed by atoms with E-state index in [-0.39, 0.29) is 0 Å². The van der Waals surface area contributed by atoms with E-state index in [0.29, 0.717) is 0 Å². The minimum atomic E-state index is 1.25. The maximum atomic E-state index is 2.12. The van der Waals surface area contributed by atoms with Gasteiger partial charge >= 0.3 is 0 Å². The molecule has 0 aromatic carbocycles. The summed E-state index contributed by atoms with van der Waals surface area (Å²) in [4.78, 5) is 0. The third-order valence-electron chi connectivity index (χ3n) is 0.354. The van der Waals surface area contributed by atoms with Crippen molar-refractivity contribution in [2.75, 3.05) is 0 Å². The fourth-order valence-corrected chi connectivity index (χ4v) is 0. The van der Waals surface area contributed by atoms with Crippen LogP contribution in [0.1, 0.15) is 53.4 Å². The molecule has 0 radical (unpaired) electrons. The molecular weight excluding hydrogens is 96.1 g/mol. The molecule has 0 amide bonds. The monoisotopic (exact) mass is 116 g/mol. The molecule has 1 rings (SSSR count). The second-order valence-electron chi connectivity index (χ2n) is 1.77. The van der Waals surface area contributed by atoms with Crippen LogP contribution in [0.15, 0.2) is 0 Å². The van der Waals surface area contributed by atoms with Crippen LogP contribution in [0, 0.1) is 0 Å². The molecule has 0 heterocycles. The zero-order valence-corrected chi connectivity index (χ0v) is 6.83. The predicted octanol–water partition coefficient (Wildman–Crippen LogP) is 3.61. The van der Waals surface area contributed by atoms with Crippen molar-refractivity contribution in [3.05, 3.63) is 0 Å². The Hall–Kier alpha value is 0. The van der Waals surface area contributed by atoms with Crippen molar-refractivity contribution in [3.8, 4) is 0 Å². The lowest BCUT2D eigenvalue weighted by molar-refractivity contribution is 1.09. The Kier molecular flexibility index (Phi) is 21.4. The number of hydrogen-bond acceptors (Lipinski definition) is 0. The highest BCUT2D eigenvalue weighted by Gasteiger charge is 1.95. The van der Waals surface area contributed by atoms with Crippen molar-refractivity contribution in [1.82, 2.24) is 0 Å². The molecule has 0 atom stereocenters. The van der Waals surface area contributed by atoms with Gasteiger partial charge in [-0.05, 0) is 0 Å². The molecule has 0 aliphatic heterocycles. The Morgan fingerprint density at radius 3 is 1.00 bits per heavy atom. The van der Waals surface area contributed by atoms with Gasteiger partial charge in [-0.15, -0.1) is 0 Å². The minimum Gasteiger partial charge on any atom is -0.0683 e. The molecule has 0 N–H and O–H groups in total. The lowest BCUT2D eigenvalue weighted by Gasteiger charge is -1.48. The highest BCUT2D eigenvalue weighted by molar-refractivity contribution is 4.50. The summed E-state index contributed by atoms with van der Waals surface area (Å²) in [6.07, 6.45) is 5.75. The lowest BCUT2D eigenvalue weighted by atomic mass is 10.6. The van der Waals surface area contributed by atoms with E-state index in [0.717, 1.165) is 0 Å². The van der Waals surface area contributed by atoms with E-state index in [9.17, 15) is 0 Å². The summed E-state index contributed by atoms with van der Waals surface area (Å²) in [7, 11) is 0. The standard InChI is InChI=1S/C3H6.C3H8.C2H6/c1-2-3-1;1-3-2;1-2/h1-3H2;3H2,1-2H3;1-2H3. The highest BCUT2D eigenvalue weighted by atomic mass is 14.0. The average molecular weight is 116 g/mol. The molecule has 0 saturated heterocycles. The average Bonchev–Trinajstić information content (AvgIpc) is 2.54. The molecule has 1 aliphatic carbocycles. The summed E-state index contributed by atoms with van der Waals surface area (Å²) >= 11 is 0. The number of hydrogen-bond donors (Lipinski definition) is 0. The topological polar surface area (TPSA) is 0 Å². The fraction of sp³-hybridized carbons (Fsp3) is 1.00. The third-order valence-corrected chi connectivity index (χ3v) is 0.354. The zero-order chi connectivity index (χ0) is 6.83. The molecule has 1 saturated carbocycles. The maximum Gasteiger partial charge on any atom is -0.0533 e. The van der Waals surface area contributed by atoms with E-state index in [1.807, 2.05) is 13.8 Å². The van der Waals surface area contributed by atoms with E-state index >= 15 is 0 Å². The van der Waals surface area contributed by atoms with Crippen molar-refractivity contribution >= 4 is 0 Å². The van der Waals surface area contributed by atoms with Gasteiger partial charge in [-0.25, -0.2) is 0 Å². The molecule has 0 nitrogen and oxygen atoms in total. The van der Waals surface area contributed by atoms with Crippen LogP contribution in [0.4, 0.5) is 0 Å². The van der Waals surface area contributed by atoms with Gasteiger partial charge in [0.1, 0.15) is 0 Å². The summed E-state index contributed by atoms with van der Waals surface area (Å²) < 4.78 is 0. The Bertz CT molecular complexity index is 11.2. The van der Waals surface area contributed by atoms with E-state index in [4.69, 9.17) is 0 Å². The molecule has 1 aliphatic rings. The van der Waals surface area contributed by atoms with Gasteiger partial charge in [-0.1, -0.05) is 53.4 Å². The van der Waals surface area contributed by atoms with Crippen molar-refractivity contribution in [2.45, 2.75) is 53.4 Å². The van der Waals surface area contributed by atoms with Crippen LogP contribution in [0.3, 0.4) is 0 Å².